The third kappa shape index (κ3) is 5.07. The van der Waals surface area contributed by atoms with Gasteiger partial charge in [-0.3, -0.25) is 9.98 Å². The van der Waals surface area contributed by atoms with Crippen LogP contribution in [-0.4, -0.2) is 34.7 Å². The minimum atomic E-state index is -0.813. The van der Waals surface area contributed by atoms with E-state index in [9.17, 15) is 4.39 Å². The fourth-order valence-corrected chi connectivity index (χ4v) is 5.11. The Balaban J connectivity index is 1.78. The summed E-state index contributed by atoms with van der Waals surface area (Å²) in [6.45, 7) is 11.0. The molecule has 154 valence electrons. The van der Waals surface area contributed by atoms with Crippen LogP contribution in [0.4, 0.5) is 4.39 Å². The summed E-state index contributed by atoms with van der Waals surface area (Å²) in [4.78, 5) is 14.6. The van der Waals surface area contributed by atoms with Gasteiger partial charge in [0.25, 0.3) is 0 Å². The molecule has 2 saturated carbocycles. The van der Waals surface area contributed by atoms with Crippen LogP contribution in [0.1, 0.15) is 84.5 Å². The molecule has 2 aliphatic rings. The normalized spacial score (nSPS) is 35.1. The number of rotatable bonds is 4. The Hall–Kier alpha value is -1.58. The summed E-state index contributed by atoms with van der Waals surface area (Å²) in [5, 5.41) is 0. The first-order chi connectivity index (χ1) is 13.3. The lowest BCUT2D eigenvalue weighted by Gasteiger charge is -2.35. The Labute approximate surface area is 170 Å². The van der Waals surface area contributed by atoms with Gasteiger partial charge in [-0.05, 0) is 69.4 Å². The largest absolute Gasteiger partial charge is 0.284 e. The first-order valence-electron chi connectivity index (χ1n) is 11.1. The maximum Gasteiger partial charge on any atom is 0.122 e. The molecular formula is C24H36FN3. The maximum absolute atomic E-state index is 14.1. The Kier molecular flexibility index (Phi) is 7.00. The molecule has 4 heteroatoms. The lowest BCUT2D eigenvalue weighted by Crippen LogP contribution is -2.33. The number of alkyl halides is 1. The molecule has 0 amide bonds. The summed E-state index contributed by atoms with van der Waals surface area (Å²) in [6.07, 6.45) is 5.20. The second-order valence-corrected chi connectivity index (χ2v) is 9.23. The molecular weight excluding hydrogens is 349 g/mol. The highest BCUT2D eigenvalue weighted by atomic mass is 19.1. The van der Waals surface area contributed by atoms with E-state index in [-0.39, 0.29) is 6.04 Å². The van der Waals surface area contributed by atoms with Crippen LogP contribution in [0.2, 0.25) is 0 Å². The van der Waals surface area contributed by atoms with Crippen LogP contribution in [0, 0.1) is 17.8 Å². The van der Waals surface area contributed by atoms with Gasteiger partial charge in [0.15, 0.2) is 0 Å². The molecule has 4 atom stereocenters. The minimum absolute atomic E-state index is 0.208. The van der Waals surface area contributed by atoms with E-state index in [0.29, 0.717) is 24.3 Å². The van der Waals surface area contributed by atoms with Gasteiger partial charge in [-0.25, -0.2) is 9.37 Å². The first kappa shape index (κ1) is 21.1. The summed E-state index contributed by atoms with van der Waals surface area (Å²) in [5.41, 5.74) is 3.57. The van der Waals surface area contributed by atoms with Crippen LogP contribution < -0.4 is 0 Å². The quantitative estimate of drug-likeness (QED) is 0.581. The fourth-order valence-electron chi connectivity index (χ4n) is 5.11. The number of nitrogens with zero attached hydrogens (tertiary/aromatic N) is 3. The maximum atomic E-state index is 14.1. The molecule has 0 N–H and O–H groups in total. The molecule has 0 aromatic carbocycles. The summed E-state index contributed by atoms with van der Waals surface area (Å²) in [5.74, 6) is 2.00. The van der Waals surface area contributed by atoms with Gasteiger partial charge in [-0.15, -0.1) is 0 Å². The van der Waals surface area contributed by atoms with Crippen molar-refractivity contribution in [2.45, 2.75) is 91.4 Å². The van der Waals surface area contributed by atoms with Crippen molar-refractivity contribution in [3.63, 3.8) is 0 Å². The lowest BCUT2D eigenvalue weighted by molar-refractivity contribution is 0.197. The zero-order chi connectivity index (χ0) is 20.3. The number of pyridine rings is 1. The van der Waals surface area contributed by atoms with Gasteiger partial charge in [0, 0.05) is 0 Å². The highest BCUT2D eigenvalue weighted by Gasteiger charge is 2.31. The van der Waals surface area contributed by atoms with Crippen LogP contribution in [0.5, 0.6) is 0 Å². The average molecular weight is 386 g/mol. The van der Waals surface area contributed by atoms with Crippen LogP contribution >= 0.6 is 0 Å². The number of hydrogen-bond acceptors (Lipinski definition) is 3. The number of hydrogen-bond donors (Lipinski definition) is 0. The van der Waals surface area contributed by atoms with Gasteiger partial charge in [-0.2, -0.15) is 0 Å². The van der Waals surface area contributed by atoms with Gasteiger partial charge >= 0.3 is 0 Å². The first-order valence-corrected chi connectivity index (χ1v) is 11.1. The molecule has 0 saturated heterocycles. The third-order valence-corrected chi connectivity index (χ3v) is 6.55. The van der Waals surface area contributed by atoms with Crippen molar-refractivity contribution in [3.05, 3.63) is 29.6 Å². The SMILES string of the molecule is CC(=NC1CCCCC1F)c1cccc(C(C)=NC2C(C)CC(C)CC2C)n1. The third-order valence-electron chi connectivity index (χ3n) is 6.55. The number of aliphatic imine (C=N–C) groups is 2. The molecule has 28 heavy (non-hydrogen) atoms. The van der Waals surface area contributed by atoms with Gasteiger partial charge < -0.3 is 0 Å². The van der Waals surface area contributed by atoms with Crippen LogP contribution in [0.15, 0.2) is 28.2 Å². The predicted molar refractivity (Wildman–Crippen MR) is 116 cm³/mol. The number of aromatic nitrogens is 1. The molecule has 2 fully saturated rings. The lowest BCUT2D eigenvalue weighted by atomic mass is 9.74. The molecule has 0 aliphatic heterocycles. The highest BCUT2D eigenvalue weighted by molar-refractivity contribution is 6.00. The summed E-state index contributed by atoms with van der Waals surface area (Å²) >= 11 is 0. The van der Waals surface area contributed by atoms with Gasteiger partial charge in [0.05, 0.1) is 34.9 Å². The molecule has 1 heterocycles. The molecule has 1 aromatic rings. The van der Waals surface area contributed by atoms with Gasteiger partial charge in [0.1, 0.15) is 6.17 Å². The Morgan fingerprint density at radius 2 is 1.50 bits per heavy atom. The summed E-state index contributed by atoms with van der Waals surface area (Å²) < 4.78 is 14.1. The molecule has 4 unspecified atom stereocenters. The van der Waals surface area contributed by atoms with Crippen LogP contribution in [0.25, 0.3) is 0 Å². The van der Waals surface area contributed by atoms with Crippen molar-refractivity contribution in [1.82, 2.24) is 4.98 Å². The van der Waals surface area contributed by atoms with Crippen molar-refractivity contribution in [3.8, 4) is 0 Å². The van der Waals surface area contributed by atoms with Gasteiger partial charge in [-0.1, -0.05) is 39.7 Å². The second-order valence-electron chi connectivity index (χ2n) is 9.23. The van der Waals surface area contributed by atoms with Crippen LogP contribution in [0.3, 0.4) is 0 Å². The van der Waals surface area contributed by atoms with Crippen molar-refractivity contribution in [2.24, 2.45) is 27.7 Å². The van der Waals surface area contributed by atoms with Crippen LogP contribution in [-0.2, 0) is 0 Å². The summed E-state index contributed by atoms with van der Waals surface area (Å²) in [6, 6.07) is 6.17. The second kappa shape index (κ2) is 9.28. The smallest absolute Gasteiger partial charge is 0.122 e. The molecule has 2 aliphatic carbocycles. The Morgan fingerprint density at radius 3 is 2.11 bits per heavy atom. The van der Waals surface area contributed by atoms with E-state index in [4.69, 9.17) is 9.98 Å². The van der Waals surface area contributed by atoms with Crippen molar-refractivity contribution in [1.29, 1.82) is 0 Å². The van der Waals surface area contributed by atoms with E-state index in [1.165, 1.54) is 12.8 Å². The van der Waals surface area contributed by atoms with E-state index >= 15 is 0 Å². The van der Waals surface area contributed by atoms with E-state index in [1.54, 1.807) is 0 Å². The molecule has 0 bridgehead atoms. The summed E-state index contributed by atoms with van der Waals surface area (Å²) in [7, 11) is 0. The van der Waals surface area contributed by atoms with E-state index in [0.717, 1.165) is 48.0 Å². The van der Waals surface area contributed by atoms with E-state index < -0.39 is 6.17 Å². The van der Waals surface area contributed by atoms with E-state index in [1.807, 2.05) is 25.1 Å². The standard InChI is InChI=1S/C24H36FN3/c1-15-13-16(2)24(17(3)14-15)27-19(5)22-12-8-11-21(28-22)18(4)26-23-10-7-6-9-20(23)25/h8,11-12,15-17,20,23-24H,6-7,9-10,13-14H2,1-5H3. The van der Waals surface area contributed by atoms with Crippen molar-refractivity contribution >= 4 is 11.4 Å². The minimum Gasteiger partial charge on any atom is -0.284 e. The van der Waals surface area contributed by atoms with Crippen molar-refractivity contribution in [2.75, 3.05) is 0 Å². The zero-order valence-corrected chi connectivity index (χ0v) is 18.2. The predicted octanol–water partition coefficient (Wildman–Crippen LogP) is 6.05. The van der Waals surface area contributed by atoms with Gasteiger partial charge in [0.2, 0.25) is 0 Å². The number of halogens is 1. The fraction of sp³-hybridized carbons (Fsp3) is 0.708. The molecule has 3 rings (SSSR count). The Bertz CT molecular complexity index is 714. The monoisotopic (exact) mass is 385 g/mol. The topological polar surface area (TPSA) is 37.6 Å². The highest BCUT2D eigenvalue weighted by Crippen LogP contribution is 2.35. The average Bonchev–Trinajstić information content (AvgIpc) is 2.66. The molecule has 0 spiro atoms. The molecule has 1 aromatic heterocycles. The van der Waals surface area contributed by atoms with E-state index in [2.05, 4.69) is 32.7 Å². The van der Waals surface area contributed by atoms with Crippen molar-refractivity contribution < 1.29 is 4.39 Å². The zero-order valence-electron chi connectivity index (χ0n) is 18.2. The molecule has 0 radical (unpaired) electrons. The molecule has 3 nitrogen and oxygen atoms in total. The Morgan fingerprint density at radius 1 is 0.929 bits per heavy atom.